The van der Waals surface area contributed by atoms with Gasteiger partial charge in [0, 0.05) is 23.1 Å². The minimum Gasteiger partial charge on any atom is -0.383 e. The average Bonchev–Trinajstić information content (AvgIpc) is 3.25. The first-order chi connectivity index (χ1) is 14.3. The fourth-order valence-electron chi connectivity index (χ4n) is 4.07. The summed E-state index contributed by atoms with van der Waals surface area (Å²) in [5.41, 5.74) is 3.26. The number of hydrogen-bond donors (Lipinski definition) is 1. The molecule has 3 aliphatic rings. The molecule has 12 heteroatoms. The highest BCUT2D eigenvalue weighted by molar-refractivity contribution is 8.30. The van der Waals surface area contributed by atoms with Gasteiger partial charge in [0.05, 0.1) is 0 Å². The van der Waals surface area contributed by atoms with E-state index in [1.165, 1.54) is 12.3 Å². The second-order valence-corrected chi connectivity index (χ2v) is 14.4. The minimum atomic E-state index is -3.51. The zero-order valence-electron chi connectivity index (χ0n) is 18.4. The molecule has 1 aliphatic carbocycles. The van der Waals surface area contributed by atoms with Gasteiger partial charge >= 0.3 is 23.1 Å². The van der Waals surface area contributed by atoms with Gasteiger partial charge < -0.3 is 10.5 Å². The third kappa shape index (κ3) is 3.50. The van der Waals surface area contributed by atoms with Crippen molar-refractivity contribution in [3.8, 4) is 0 Å². The minimum absolute atomic E-state index is 0.0284. The molecule has 5 atom stereocenters. The average molecular weight is 483 g/mol. The van der Waals surface area contributed by atoms with Gasteiger partial charge in [0.15, 0.2) is 5.25 Å². The topological polar surface area (TPSA) is 97.8 Å². The molecule has 0 aromatic carbocycles. The number of nitrogen functional groups attached to an aromatic ring is 1. The molecule has 2 unspecified atom stereocenters. The van der Waals surface area contributed by atoms with Gasteiger partial charge in [-0.15, -0.1) is 14.8 Å². The molecule has 3 fully saturated rings. The fraction of sp³-hybridized carbons (Fsp3) is 0.789. The van der Waals surface area contributed by atoms with E-state index in [1.807, 2.05) is 41.5 Å². The van der Waals surface area contributed by atoms with Crippen molar-refractivity contribution in [3.05, 3.63) is 22.7 Å². The zero-order valence-corrected chi connectivity index (χ0v) is 20.0. The second kappa shape index (κ2) is 7.56. The Morgan fingerprint density at radius 1 is 1.26 bits per heavy atom. The fourth-order valence-corrected chi connectivity index (χ4v) is 9.88. The van der Waals surface area contributed by atoms with Crippen molar-refractivity contribution in [2.24, 2.45) is 0 Å². The van der Waals surface area contributed by atoms with Gasteiger partial charge in [-0.3, -0.25) is 8.75 Å². The molecule has 0 amide bonds. The normalized spacial score (nSPS) is 37.3. The molecule has 2 saturated heterocycles. The molecule has 1 spiro atoms. The summed E-state index contributed by atoms with van der Waals surface area (Å²) in [5, 5.41) is -0.113. The van der Waals surface area contributed by atoms with Crippen LogP contribution >= 0.6 is 10.6 Å². The Morgan fingerprint density at radius 2 is 1.90 bits per heavy atom. The van der Waals surface area contributed by atoms with Gasteiger partial charge in [-0.05, 0) is 51.2 Å². The first-order valence-corrected chi connectivity index (χ1v) is 13.1. The van der Waals surface area contributed by atoms with Crippen molar-refractivity contribution in [2.45, 2.75) is 93.7 Å². The van der Waals surface area contributed by atoms with Crippen molar-refractivity contribution in [2.75, 3.05) is 5.73 Å². The Labute approximate surface area is 185 Å². The molecule has 1 aromatic rings. The van der Waals surface area contributed by atoms with E-state index in [0.29, 0.717) is 0 Å². The first kappa shape index (κ1) is 23.2. The number of ether oxygens (including phenoxy) is 1. The van der Waals surface area contributed by atoms with Crippen LogP contribution in [-0.2, 0) is 28.2 Å². The van der Waals surface area contributed by atoms with Crippen LogP contribution in [0.3, 0.4) is 0 Å². The maximum Gasteiger partial charge on any atom is 0.351 e. The molecular weight excluding hydrogens is 452 g/mol. The first-order valence-electron chi connectivity index (χ1n) is 10.3. The van der Waals surface area contributed by atoms with E-state index >= 15 is 8.78 Å². The SMILES string of the molecule is CC(C)[S+]1O[C@H]2C(F)(F)[C@H](n3ccc(N)nc3=O)OC23C[C@H]3OS(C(C)C)(C(C)C)O1. The summed E-state index contributed by atoms with van der Waals surface area (Å²) >= 11 is -1.24. The van der Waals surface area contributed by atoms with E-state index in [2.05, 4.69) is 4.98 Å². The summed E-state index contributed by atoms with van der Waals surface area (Å²) in [6, 6.07) is 1.29. The number of halogens is 2. The van der Waals surface area contributed by atoms with E-state index in [0.717, 1.165) is 4.57 Å². The number of nitrogens with two attached hydrogens (primary N) is 1. The van der Waals surface area contributed by atoms with Crippen molar-refractivity contribution < 1.29 is 25.5 Å². The molecular formula is C19H30F2N3O5S2+. The number of anilines is 1. The second-order valence-electron chi connectivity index (χ2n) is 8.97. The molecule has 31 heavy (non-hydrogen) atoms. The van der Waals surface area contributed by atoms with E-state index in [-0.39, 0.29) is 28.0 Å². The van der Waals surface area contributed by atoms with Crippen LogP contribution in [0.15, 0.2) is 17.1 Å². The Balaban J connectivity index is 1.77. The van der Waals surface area contributed by atoms with Gasteiger partial charge in [-0.25, -0.2) is 4.79 Å². The summed E-state index contributed by atoms with van der Waals surface area (Å²) in [6.07, 6.45) is -2.67. The monoisotopic (exact) mass is 482 g/mol. The van der Waals surface area contributed by atoms with Crippen molar-refractivity contribution >= 4 is 27.9 Å². The van der Waals surface area contributed by atoms with Gasteiger partial charge in [0.2, 0.25) is 12.3 Å². The molecule has 4 rings (SSSR count). The van der Waals surface area contributed by atoms with Crippen molar-refractivity contribution in [1.82, 2.24) is 9.55 Å². The maximum atomic E-state index is 15.7. The van der Waals surface area contributed by atoms with E-state index < -0.39 is 57.7 Å². The molecule has 176 valence electrons. The third-order valence-corrected chi connectivity index (χ3v) is 11.5. The van der Waals surface area contributed by atoms with Gasteiger partial charge in [0.1, 0.15) is 17.5 Å². The standard InChI is InChI=1S/C19H29F2N3O5S2/c1-10(2)30-27-15-18(9-13(18)28-31(29-30,11(3)4)12(5)6)26-16(19(15,20)21)24-8-7-14(22)23-17(24)25/h7-8,10-13,15-16H,9H2,1-6H3,(H-,22,23,25)/p+1/t13-,15-,16-,18?,30?/m1/s1. The van der Waals surface area contributed by atoms with E-state index in [1.54, 1.807) is 0 Å². The number of hydrogen-bond acceptors (Lipinski definition) is 7. The van der Waals surface area contributed by atoms with Crippen molar-refractivity contribution in [1.29, 1.82) is 0 Å². The maximum absolute atomic E-state index is 15.7. The van der Waals surface area contributed by atoms with E-state index in [4.69, 9.17) is 22.5 Å². The Morgan fingerprint density at radius 3 is 2.45 bits per heavy atom. The largest absolute Gasteiger partial charge is 0.383 e. The quantitative estimate of drug-likeness (QED) is 0.658. The highest BCUT2D eigenvalue weighted by Crippen LogP contribution is 2.71. The lowest BCUT2D eigenvalue weighted by molar-refractivity contribution is -0.136. The summed E-state index contributed by atoms with van der Waals surface area (Å²) in [6.45, 7) is 11.8. The van der Waals surface area contributed by atoms with Gasteiger partial charge in [0.25, 0.3) is 0 Å². The molecule has 0 radical (unpaired) electrons. The predicted octanol–water partition coefficient (Wildman–Crippen LogP) is 3.24. The Kier molecular flexibility index (Phi) is 5.67. The lowest BCUT2D eigenvalue weighted by Gasteiger charge is -2.47. The lowest BCUT2D eigenvalue weighted by atomic mass is 10.1. The number of rotatable bonds is 4. The van der Waals surface area contributed by atoms with Crippen LogP contribution in [0, 0.1) is 0 Å². The number of aromatic nitrogens is 2. The Hall–Kier alpha value is -0.920. The van der Waals surface area contributed by atoms with Crippen LogP contribution in [0.2, 0.25) is 0 Å². The highest BCUT2D eigenvalue weighted by Gasteiger charge is 2.82. The molecule has 1 saturated carbocycles. The molecule has 0 bridgehead atoms. The molecule has 2 N–H and O–H groups in total. The molecule has 1 aromatic heterocycles. The molecule has 3 heterocycles. The van der Waals surface area contributed by atoms with Crippen LogP contribution in [0.25, 0.3) is 0 Å². The lowest BCUT2D eigenvalue weighted by Crippen LogP contribution is -2.48. The summed E-state index contributed by atoms with van der Waals surface area (Å²) < 4.78 is 57.0. The molecule has 2 aliphatic heterocycles. The van der Waals surface area contributed by atoms with Crippen LogP contribution in [-0.4, -0.2) is 49.0 Å². The number of alkyl halides is 2. The van der Waals surface area contributed by atoms with E-state index in [9.17, 15) is 4.79 Å². The third-order valence-electron chi connectivity index (χ3n) is 5.78. The predicted molar refractivity (Wildman–Crippen MR) is 117 cm³/mol. The summed E-state index contributed by atoms with van der Waals surface area (Å²) in [7, 11) is -2.10. The summed E-state index contributed by atoms with van der Waals surface area (Å²) in [4.78, 5) is 15.9. The Bertz CT molecular complexity index is 907. The number of nitrogens with zero attached hydrogens (tertiary/aromatic N) is 2. The van der Waals surface area contributed by atoms with Gasteiger partial charge in [-0.1, -0.05) is 0 Å². The smallest absolute Gasteiger partial charge is 0.351 e. The van der Waals surface area contributed by atoms with Gasteiger partial charge in [-0.2, -0.15) is 13.8 Å². The van der Waals surface area contributed by atoms with Crippen LogP contribution in [0.1, 0.15) is 54.2 Å². The van der Waals surface area contributed by atoms with Crippen LogP contribution in [0.4, 0.5) is 14.6 Å². The van der Waals surface area contributed by atoms with Crippen molar-refractivity contribution in [3.63, 3.8) is 0 Å². The summed E-state index contributed by atoms with van der Waals surface area (Å²) in [5.74, 6) is -3.55. The highest BCUT2D eigenvalue weighted by atomic mass is 32.3. The van der Waals surface area contributed by atoms with Crippen LogP contribution in [0.5, 0.6) is 0 Å². The zero-order chi connectivity index (χ0) is 22.9. The van der Waals surface area contributed by atoms with Crippen LogP contribution < -0.4 is 11.4 Å². The molecule has 8 nitrogen and oxygen atoms in total.